The number of benzene rings is 2. The molecule has 0 radical (unpaired) electrons. The number of anilines is 1. The number of nitrogens with zero attached hydrogens (tertiary/aromatic N) is 1. The second-order valence-electron chi connectivity index (χ2n) is 3.86. The minimum atomic E-state index is -1.27. The van der Waals surface area contributed by atoms with Crippen LogP contribution >= 0.6 is 0 Å². The van der Waals surface area contributed by atoms with Gasteiger partial charge in [-0.05, 0) is 18.2 Å². The van der Waals surface area contributed by atoms with Crippen LogP contribution in [0.25, 0.3) is 0 Å². The Morgan fingerprint density at radius 3 is 2.35 bits per heavy atom. The number of para-hydroxylation sites is 1. The summed E-state index contributed by atoms with van der Waals surface area (Å²) in [4.78, 5) is 21.2. The lowest BCUT2D eigenvalue weighted by atomic mass is 10.1. The highest BCUT2D eigenvalue weighted by molar-refractivity contribution is 6.04. The van der Waals surface area contributed by atoms with E-state index >= 15 is 0 Å². The smallest absolute Gasteiger partial charge is 0.307 e. The predicted molar refractivity (Wildman–Crippen MR) is 67.4 cm³/mol. The summed E-state index contributed by atoms with van der Waals surface area (Å²) in [6.45, 7) is 0. The lowest BCUT2D eigenvalue weighted by Gasteiger charge is -2.06. The lowest BCUT2D eigenvalue weighted by molar-refractivity contribution is -0.387. The molecule has 0 unspecified atom stereocenters. The Kier molecular flexibility index (Phi) is 3.69. The SMILES string of the molecule is O=C(Nc1ccccc1)c1cc(F)c([N+](=O)[O-])cc1F. The van der Waals surface area contributed by atoms with Crippen LogP contribution in [0.3, 0.4) is 0 Å². The average molecular weight is 278 g/mol. The summed E-state index contributed by atoms with van der Waals surface area (Å²) in [5, 5.41) is 12.8. The first-order chi connectivity index (χ1) is 9.49. The van der Waals surface area contributed by atoms with Gasteiger partial charge >= 0.3 is 5.69 Å². The zero-order chi connectivity index (χ0) is 14.7. The fourth-order valence-electron chi connectivity index (χ4n) is 1.57. The molecule has 5 nitrogen and oxygen atoms in total. The fourth-order valence-corrected chi connectivity index (χ4v) is 1.57. The van der Waals surface area contributed by atoms with Gasteiger partial charge in [-0.3, -0.25) is 14.9 Å². The predicted octanol–water partition coefficient (Wildman–Crippen LogP) is 3.13. The van der Waals surface area contributed by atoms with Crippen LogP contribution in [0.1, 0.15) is 10.4 Å². The van der Waals surface area contributed by atoms with E-state index in [-0.39, 0.29) is 0 Å². The van der Waals surface area contributed by atoms with Crippen molar-refractivity contribution in [2.45, 2.75) is 0 Å². The molecule has 0 heterocycles. The minimum Gasteiger partial charge on any atom is -0.322 e. The Bertz CT molecular complexity index is 675. The Labute approximate surface area is 112 Å². The lowest BCUT2D eigenvalue weighted by Crippen LogP contribution is -2.14. The van der Waals surface area contributed by atoms with Gasteiger partial charge in [0, 0.05) is 5.69 Å². The van der Waals surface area contributed by atoms with Gasteiger partial charge in [0.05, 0.1) is 16.6 Å². The molecule has 0 saturated carbocycles. The van der Waals surface area contributed by atoms with Crippen LogP contribution in [-0.2, 0) is 0 Å². The highest BCUT2D eigenvalue weighted by Gasteiger charge is 2.22. The molecule has 0 aliphatic carbocycles. The molecule has 2 aromatic carbocycles. The molecule has 7 heteroatoms. The van der Waals surface area contributed by atoms with Gasteiger partial charge in [-0.2, -0.15) is 4.39 Å². The molecule has 0 saturated heterocycles. The van der Waals surface area contributed by atoms with E-state index in [0.717, 1.165) is 0 Å². The third kappa shape index (κ3) is 2.77. The number of rotatable bonds is 3. The number of nitro benzene ring substituents is 1. The van der Waals surface area contributed by atoms with E-state index in [9.17, 15) is 23.7 Å². The normalized spacial score (nSPS) is 10.1. The van der Waals surface area contributed by atoms with Crippen LogP contribution in [0.4, 0.5) is 20.2 Å². The second kappa shape index (κ2) is 5.43. The van der Waals surface area contributed by atoms with Crippen LogP contribution in [0.5, 0.6) is 0 Å². The molecule has 2 aromatic rings. The Morgan fingerprint density at radius 1 is 1.10 bits per heavy atom. The number of carbonyl (C=O) groups is 1. The van der Waals surface area contributed by atoms with E-state index in [1.54, 1.807) is 30.3 Å². The van der Waals surface area contributed by atoms with Crippen molar-refractivity contribution in [3.63, 3.8) is 0 Å². The zero-order valence-corrected chi connectivity index (χ0v) is 9.97. The van der Waals surface area contributed by atoms with Crippen molar-refractivity contribution in [2.24, 2.45) is 0 Å². The molecule has 0 bridgehead atoms. The topological polar surface area (TPSA) is 72.2 Å². The van der Waals surface area contributed by atoms with E-state index in [4.69, 9.17) is 0 Å². The van der Waals surface area contributed by atoms with Crippen LogP contribution in [-0.4, -0.2) is 10.8 Å². The van der Waals surface area contributed by atoms with Crippen molar-refractivity contribution in [1.82, 2.24) is 0 Å². The van der Waals surface area contributed by atoms with Crippen LogP contribution in [0.15, 0.2) is 42.5 Å². The summed E-state index contributed by atoms with van der Waals surface area (Å²) in [5.74, 6) is -3.32. The van der Waals surface area contributed by atoms with Crippen molar-refractivity contribution in [1.29, 1.82) is 0 Å². The summed E-state index contributed by atoms with van der Waals surface area (Å²) < 4.78 is 27.0. The number of hydrogen-bond donors (Lipinski definition) is 1. The summed E-state index contributed by atoms with van der Waals surface area (Å²) in [7, 11) is 0. The maximum atomic E-state index is 13.6. The van der Waals surface area contributed by atoms with Crippen molar-refractivity contribution in [3.8, 4) is 0 Å². The fraction of sp³-hybridized carbons (Fsp3) is 0. The van der Waals surface area contributed by atoms with Gasteiger partial charge in [0.1, 0.15) is 5.82 Å². The Hall–Kier alpha value is -2.83. The van der Waals surface area contributed by atoms with Gasteiger partial charge in [-0.15, -0.1) is 0 Å². The molecule has 0 aromatic heterocycles. The maximum Gasteiger partial charge on any atom is 0.307 e. The van der Waals surface area contributed by atoms with Gasteiger partial charge in [-0.25, -0.2) is 4.39 Å². The third-order valence-corrected chi connectivity index (χ3v) is 2.51. The van der Waals surface area contributed by atoms with E-state index in [0.29, 0.717) is 17.8 Å². The first kappa shape index (κ1) is 13.6. The number of hydrogen-bond acceptors (Lipinski definition) is 3. The average Bonchev–Trinajstić information content (AvgIpc) is 2.41. The number of nitro groups is 1. The van der Waals surface area contributed by atoms with Crippen molar-refractivity contribution < 1.29 is 18.5 Å². The first-order valence-electron chi connectivity index (χ1n) is 5.49. The molecule has 102 valence electrons. The zero-order valence-electron chi connectivity index (χ0n) is 9.97. The maximum absolute atomic E-state index is 13.6. The molecular formula is C13H8F2N2O3. The molecule has 1 amide bonds. The molecule has 2 rings (SSSR count). The van der Waals surface area contributed by atoms with Gasteiger partial charge in [-0.1, -0.05) is 18.2 Å². The summed E-state index contributed by atoms with van der Waals surface area (Å²) >= 11 is 0. The number of amides is 1. The first-order valence-corrected chi connectivity index (χ1v) is 5.49. The molecule has 0 fully saturated rings. The minimum absolute atomic E-state index is 0.384. The molecule has 0 atom stereocenters. The molecular weight excluding hydrogens is 270 g/mol. The Morgan fingerprint density at radius 2 is 1.75 bits per heavy atom. The van der Waals surface area contributed by atoms with Gasteiger partial charge in [0.25, 0.3) is 5.91 Å². The molecule has 1 N–H and O–H groups in total. The van der Waals surface area contributed by atoms with Crippen molar-refractivity contribution in [3.05, 3.63) is 69.8 Å². The van der Waals surface area contributed by atoms with Crippen molar-refractivity contribution in [2.75, 3.05) is 5.32 Å². The summed E-state index contributed by atoms with van der Waals surface area (Å²) in [5.41, 5.74) is -1.22. The highest BCUT2D eigenvalue weighted by atomic mass is 19.1. The number of halogens is 2. The molecule has 0 aliphatic rings. The Balaban J connectivity index is 2.31. The largest absolute Gasteiger partial charge is 0.322 e. The van der Waals surface area contributed by atoms with Crippen LogP contribution < -0.4 is 5.32 Å². The van der Waals surface area contributed by atoms with Gasteiger partial charge in [0.15, 0.2) is 0 Å². The van der Waals surface area contributed by atoms with Crippen LogP contribution in [0, 0.1) is 21.7 Å². The molecule has 20 heavy (non-hydrogen) atoms. The van der Waals surface area contributed by atoms with E-state index in [2.05, 4.69) is 5.32 Å². The second-order valence-corrected chi connectivity index (χ2v) is 3.86. The van der Waals surface area contributed by atoms with E-state index in [1.165, 1.54) is 0 Å². The molecule has 0 aliphatic heterocycles. The van der Waals surface area contributed by atoms with Gasteiger partial charge < -0.3 is 5.32 Å². The van der Waals surface area contributed by atoms with E-state index in [1.807, 2.05) is 0 Å². The third-order valence-electron chi connectivity index (χ3n) is 2.51. The quantitative estimate of drug-likeness (QED) is 0.692. The van der Waals surface area contributed by atoms with Gasteiger partial charge in [0.2, 0.25) is 5.82 Å². The molecule has 0 spiro atoms. The standard InChI is InChI=1S/C13H8F2N2O3/c14-10-7-12(17(19)20)11(15)6-9(10)13(18)16-8-4-2-1-3-5-8/h1-7H,(H,16,18). The summed E-state index contributed by atoms with van der Waals surface area (Å²) in [6, 6.07) is 9.06. The van der Waals surface area contributed by atoms with Crippen LogP contribution in [0.2, 0.25) is 0 Å². The summed E-state index contributed by atoms with van der Waals surface area (Å²) in [6.07, 6.45) is 0. The van der Waals surface area contributed by atoms with E-state index < -0.39 is 33.7 Å². The number of nitrogens with one attached hydrogen (secondary N) is 1. The highest BCUT2D eigenvalue weighted by Crippen LogP contribution is 2.22. The number of carbonyl (C=O) groups excluding carboxylic acids is 1. The monoisotopic (exact) mass is 278 g/mol. The van der Waals surface area contributed by atoms with Crippen molar-refractivity contribution >= 4 is 17.3 Å².